The number of aromatic carboxylic acids is 1. The maximum absolute atomic E-state index is 15.3. The van der Waals surface area contributed by atoms with Crippen molar-refractivity contribution in [2.24, 2.45) is 11.7 Å². The van der Waals surface area contributed by atoms with E-state index in [1.165, 1.54) is 22.6 Å². The van der Waals surface area contributed by atoms with E-state index >= 15 is 4.79 Å². The number of aryl methyl sites for hydroxylation is 1. The van der Waals surface area contributed by atoms with Gasteiger partial charge in [0.1, 0.15) is 24.0 Å². The smallest absolute Gasteiger partial charge is 0.410 e. The molecular formula is C47H56N4O7. The van der Waals surface area contributed by atoms with Crippen LogP contribution in [0.25, 0.3) is 0 Å². The molecule has 4 aromatic rings. The monoisotopic (exact) mass is 788 g/mol. The van der Waals surface area contributed by atoms with Crippen molar-refractivity contribution in [3.63, 3.8) is 0 Å². The molecular weight excluding hydrogens is 733 g/mol. The van der Waals surface area contributed by atoms with Crippen LogP contribution in [-0.2, 0) is 46.7 Å². The molecule has 11 heteroatoms. The SMILES string of the molecule is C[C@@H](C(N)[C@H](Cc1ccc(OCc2ccc(C(=O)O)cc2)cc1)C(=O)N1Cc2ccccc2C[C@H]1C(=O)N(C)[C@@H]1CCCc2ccccc21)N(C)C(=O)OC(C)(C)C. The first-order chi connectivity index (χ1) is 27.6. The van der Waals surface area contributed by atoms with E-state index in [1.54, 1.807) is 44.9 Å². The lowest BCUT2D eigenvalue weighted by Crippen LogP contribution is -2.59. The van der Waals surface area contributed by atoms with Crippen LogP contribution in [-0.4, -0.2) is 81.5 Å². The molecule has 5 atom stereocenters. The van der Waals surface area contributed by atoms with Crippen LogP contribution in [0.4, 0.5) is 4.79 Å². The molecule has 0 saturated heterocycles. The van der Waals surface area contributed by atoms with E-state index in [0.29, 0.717) is 12.2 Å². The highest BCUT2D eigenvalue weighted by atomic mass is 16.6. The second kappa shape index (κ2) is 17.9. The van der Waals surface area contributed by atoms with Crippen molar-refractivity contribution >= 4 is 23.9 Å². The largest absolute Gasteiger partial charge is 0.489 e. The maximum atomic E-state index is 15.3. The molecule has 3 amide bonds. The fourth-order valence-electron chi connectivity index (χ4n) is 8.08. The molecule has 6 rings (SSSR count). The number of carbonyl (C=O) groups is 4. The summed E-state index contributed by atoms with van der Waals surface area (Å²) in [6, 6.07) is 27.9. The molecule has 58 heavy (non-hydrogen) atoms. The minimum Gasteiger partial charge on any atom is -0.489 e. The van der Waals surface area contributed by atoms with Gasteiger partial charge in [0.2, 0.25) is 11.8 Å². The van der Waals surface area contributed by atoms with Gasteiger partial charge in [-0.15, -0.1) is 0 Å². The van der Waals surface area contributed by atoms with E-state index in [1.807, 2.05) is 79.5 Å². The Labute approximate surface area is 341 Å². The number of nitrogens with two attached hydrogens (primary N) is 1. The van der Waals surface area contributed by atoms with Crippen molar-refractivity contribution in [1.82, 2.24) is 14.7 Å². The van der Waals surface area contributed by atoms with Gasteiger partial charge < -0.3 is 35.0 Å². The van der Waals surface area contributed by atoms with Crippen LogP contribution in [0.15, 0.2) is 97.1 Å². The number of hydrogen-bond acceptors (Lipinski definition) is 7. The van der Waals surface area contributed by atoms with Crippen LogP contribution < -0.4 is 10.5 Å². The molecule has 0 spiro atoms. The molecule has 0 fully saturated rings. The Kier molecular flexibility index (Phi) is 12.9. The van der Waals surface area contributed by atoms with Crippen LogP contribution in [0, 0.1) is 5.92 Å². The van der Waals surface area contributed by atoms with Crippen molar-refractivity contribution < 1.29 is 33.8 Å². The van der Waals surface area contributed by atoms with Gasteiger partial charge >= 0.3 is 12.1 Å². The van der Waals surface area contributed by atoms with Crippen molar-refractivity contribution in [2.45, 2.75) is 103 Å². The number of nitrogens with zero attached hydrogens (tertiary/aromatic N) is 3. The predicted molar refractivity (Wildman–Crippen MR) is 222 cm³/mol. The number of benzene rings is 4. The summed E-state index contributed by atoms with van der Waals surface area (Å²) < 4.78 is 11.7. The molecule has 1 unspecified atom stereocenters. The first-order valence-electron chi connectivity index (χ1n) is 20.1. The van der Waals surface area contributed by atoms with E-state index in [-0.39, 0.29) is 43.0 Å². The maximum Gasteiger partial charge on any atom is 0.410 e. The van der Waals surface area contributed by atoms with Gasteiger partial charge in [-0.25, -0.2) is 9.59 Å². The Balaban J connectivity index is 1.29. The summed E-state index contributed by atoms with van der Waals surface area (Å²) in [6.07, 6.45) is 2.86. The van der Waals surface area contributed by atoms with Crippen LogP contribution in [0.3, 0.4) is 0 Å². The average molecular weight is 789 g/mol. The summed E-state index contributed by atoms with van der Waals surface area (Å²) in [7, 11) is 3.48. The first-order valence-corrected chi connectivity index (χ1v) is 20.1. The minimum absolute atomic E-state index is 0.100. The topological polar surface area (TPSA) is 143 Å². The number of likely N-dealkylation sites (N-methyl/N-ethyl adjacent to an activating group) is 2. The molecule has 306 valence electrons. The number of rotatable bonds is 12. The lowest BCUT2D eigenvalue weighted by Gasteiger charge is -2.43. The Morgan fingerprint density at radius 1 is 0.862 bits per heavy atom. The Morgan fingerprint density at radius 3 is 2.14 bits per heavy atom. The molecule has 2 aliphatic rings. The molecule has 0 bridgehead atoms. The fraction of sp³-hybridized carbons (Fsp3) is 0.404. The summed E-state index contributed by atoms with van der Waals surface area (Å²) in [4.78, 5) is 59.5. The van der Waals surface area contributed by atoms with Gasteiger partial charge in [-0.1, -0.05) is 72.8 Å². The lowest BCUT2D eigenvalue weighted by atomic mass is 9.84. The average Bonchev–Trinajstić information content (AvgIpc) is 3.22. The normalized spacial score (nSPS) is 17.8. The Bertz CT molecular complexity index is 2100. The summed E-state index contributed by atoms with van der Waals surface area (Å²) in [6.45, 7) is 7.70. The van der Waals surface area contributed by atoms with Crippen molar-refractivity contribution in [3.8, 4) is 5.75 Å². The van der Waals surface area contributed by atoms with Crippen molar-refractivity contribution in [2.75, 3.05) is 14.1 Å². The number of carbonyl (C=O) groups excluding carboxylic acids is 3. The molecule has 11 nitrogen and oxygen atoms in total. The van der Waals surface area contributed by atoms with Crippen molar-refractivity contribution in [1.29, 1.82) is 0 Å². The van der Waals surface area contributed by atoms with Gasteiger partial charge in [0.05, 0.1) is 17.5 Å². The van der Waals surface area contributed by atoms with Crippen LogP contribution >= 0.6 is 0 Å². The van der Waals surface area contributed by atoms with Gasteiger partial charge in [0.15, 0.2) is 0 Å². The van der Waals surface area contributed by atoms with Crippen LogP contribution in [0.5, 0.6) is 5.75 Å². The predicted octanol–water partition coefficient (Wildman–Crippen LogP) is 7.19. The highest BCUT2D eigenvalue weighted by molar-refractivity contribution is 5.90. The third-order valence-corrected chi connectivity index (χ3v) is 11.6. The van der Waals surface area contributed by atoms with Crippen LogP contribution in [0.1, 0.15) is 90.3 Å². The van der Waals surface area contributed by atoms with Gasteiger partial charge in [0.25, 0.3) is 0 Å². The fourth-order valence-corrected chi connectivity index (χ4v) is 8.08. The second-order valence-corrected chi connectivity index (χ2v) is 16.7. The molecule has 1 heterocycles. The molecule has 0 saturated carbocycles. The zero-order valence-electron chi connectivity index (χ0n) is 34.4. The van der Waals surface area contributed by atoms with E-state index in [4.69, 9.17) is 15.2 Å². The highest BCUT2D eigenvalue weighted by Crippen LogP contribution is 2.36. The third kappa shape index (κ3) is 9.70. The Hall–Kier alpha value is -5.68. The molecule has 0 aromatic heterocycles. The van der Waals surface area contributed by atoms with E-state index in [9.17, 15) is 19.5 Å². The number of carboxylic acid groups (broad SMARTS) is 1. The third-order valence-electron chi connectivity index (χ3n) is 11.6. The number of hydrogen-bond donors (Lipinski definition) is 2. The zero-order chi connectivity index (χ0) is 41.7. The summed E-state index contributed by atoms with van der Waals surface area (Å²) in [5.41, 5.74) is 12.6. The van der Waals surface area contributed by atoms with Crippen molar-refractivity contribution in [3.05, 3.63) is 136 Å². The lowest BCUT2D eigenvalue weighted by molar-refractivity contribution is -0.151. The quantitative estimate of drug-likeness (QED) is 0.154. The number of ether oxygens (including phenoxy) is 2. The van der Waals surface area contributed by atoms with Crippen LogP contribution in [0.2, 0.25) is 0 Å². The molecule has 1 aliphatic carbocycles. The molecule has 3 N–H and O–H groups in total. The standard InChI is InChI=1S/C47H56N4O7/c1-30(49(5)46(56)58-47(2,3)4)42(48)39(26-31-20-24-37(25-21-31)57-29-32-18-22-34(23-19-32)45(54)55)43(52)51-28-36-14-8-7-13-35(36)27-41(51)44(53)50(6)40-17-11-15-33-12-9-10-16-38(33)40/h7-10,12-14,16,18-25,30,39-42H,11,15,17,26-29,48H2,1-6H3,(H,54,55)/t30-,39-,40+,41-,42?/m0/s1. The van der Waals surface area contributed by atoms with E-state index in [2.05, 4.69) is 12.1 Å². The van der Waals surface area contributed by atoms with E-state index < -0.39 is 41.7 Å². The van der Waals surface area contributed by atoms with Gasteiger partial charge in [-0.05, 0) is 111 Å². The van der Waals surface area contributed by atoms with Gasteiger partial charge in [-0.3, -0.25) is 9.59 Å². The number of fused-ring (bicyclic) bond motifs is 2. The summed E-state index contributed by atoms with van der Waals surface area (Å²) >= 11 is 0. The number of carboxylic acids is 1. The van der Waals surface area contributed by atoms with Gasteiger partial charge in [0, 0.05) is 39.1 Å². The minimum atomic E-state index is -0.990. The summed E-state index contributed by atoms with van der Waals surface area (Å²) in [5, 5.41) is 9.21. The zero-order valence-corrected chi connectivity index (χ0v) is 34.4. The molecule has 1 aliphatic heterocycles. The first kappa shape index (κ1) is 41.9. The second-order valence-electron chi connectivity index (χ2n) is 16.7. The Morgan fingerprint density at radius 2 is 1.48 bits per heavy atom. The van der Waals surface area contributed by atoms with E-state index in [0.717, 1.165) is 47.1 Å². The number of amides is 3. The summed E-state index contributed by atoms with van der Waals surface area (Å²) in [5.74, 6) is -1.58. The molecule has 0 radical (unpaired) electrons. The highest BCUT2D eigenvalue weighted by Gasteiger charge is 2.43. The molecule has 4 aromatic carbocycles. The van der Waals surface area contributed by atoms with Gasteiger partial charge in [-0.2, -0.15) is 0 Å².